The van der Waals surface area contributed by atoms with Gasteiger partial charge < -0.3 is 5.11 Å². The highest BCUT2D eigenvalue weighted by Crippen LogP contribution is 2.19. The van der Waals surface area contributed by atoms with E-state index in [1.165, 1.54) is 35.6 Å². The highest BCUT2D eigenvalue weighted by molar-refractivity contribution is 7.89. The quantitative estimate of drug-likeness (QED) is 0.863. The molecule has 0 aliphatic carbocycles. The van der Waals surface area contributed by atoms with Crippen LogP contribution in [0.1, 0.15) is 5.56 Å². The zero-order valence-corrected chi connectivity index (χ0v) is 10.6. The first-order valence-corrected chi connectivity index (χ1v) is 6.67. The third-order valence-corrected chi connectivity index (χ3v) is 4.32. The topological polar surface area (TPSA) is 86.3 Å². The Labute approximate surface area is 105 Å². The average Bonchev–Trinajstić information content (AvgIpc) is 2.82. The monoisotopic (exact) mass is 267 g/mol. The first-order chi connectivity index (χ1) is 8.50. The summed E-state index contributed by atoms with van der Waals surface area (Å²) in [5.74, 6) is 0.0337. The first kappa shape index (κ1) is 12.6. The Bertz CT molecular complexity index is 605. The number of hydrogen-bond donors (Lipinski definition) is 2. The standard InChI is InChI=1S/C11H13N3O3S/c1-14(8-9-6-12-13-7-9)18(16,17)11-4-2-10(15)3-5-11/h2-7,15H,8H2,1H3,(H,12,13). The summed E-state index contributed by atoms with van der Waals surface area (Å²) in [5.41, 5.74) is 0.778. The maximum Gasteiger partial charge on any atom is 0.243 e. The van der Waals surface area contributed by atoms with Crippen molar-refractivity contribution in [3.63, 3.8) is 0 Å². The fourth-order valence-electron chi connectivity index (χ4n) is 1.50. The first-order valence-electron chi connectivity index (χ1n) is 5.23. The lowest BCUT2D eigenvalue weighted by Gasteiger charge is -2.16. The van der Waals surface area contributed by atoms with E-state index >= 15 is 0 Å². The molecule has 2 rings (SSSR count). The molecule has 1 aromatic heterocycles. The predicted molar refractivity (Wildman–Crippen MR) is 65.3 cm³/mol. The van der Waals surface area contributed by atoms with Crippen LogP contribution in [0.25, 0.3) is 0 Å². The molecule has 2 aromatic rings. The maximum absolute atomic E-state index is 12.2. The third kappa shape index (κ3) is 2.52. The van der Waals surface area contributed by atoms with Gasteiger partial charge in [0.15, 0.2) is 0 Å². The Balaban J connectivity index is 2.22. The Morgan fingerprint density at radius 1 is 1.33 bits per heavy atom. The van der Waals surface area contributed by atoms with Crippen LogP contribution in [0.3, 0.4) is 0 Å². The van der Waals surface area contributed by atoms with Gasteiger partial charge in [-0.2, -0.15) is 9.40 Å². The molecule has 1 heterocycles. The van der Waals surface area contributed by atoms with Gasteiger partial charge in [-0.05, 0) is 24.3 Å². The SMILES string of the molecule is CN(Cc1cn[nH]c1)S(=O)(=O)c1ccc(O)cc1. The number of nitrogens with one attached hydrogen (secondary N) is 1. The minimum atomic E-state index is -3.55. The summed E-state index contributed by atoms with van der Waals surface area (Å²) in [7, 11) is -2.06. The lowest BCUT2D eigenvalue weighted by molar-refractivity contribution is 0.465. The molecule has 0 fully saturated rings. The summed E-state index contributed by atoms with van der Waals surface area (Å²) in [6, 6.07) is 5.43. The molecule has 0 aliphatic rings. The molecule has 6 nitrogen and oxygen atoms in total. The largest absolute Gasteiger partial charge is 0.508 e. The molecule has 0 bridgehead atoms. The summed E-state index contributed by atoms with van der Waals surface area (Å²) in [6.07, 6.45) is 3.21. The van der Waals surface area contributed by atoms with Gasteiger partial charge in [-0.25, -0.2) is 8.42 Å². The second kappa shape index (κ2) is 4.79. The number of rotatable bonds is 4. The van der Waals surface area contributed by atoms with Crippen molar-refractivity contribution in [2.24, 2.45) is 0 Å². The molecule has 0 amide bonds. The van der Waals surface area contributed by atoms with Crippen molar-refractivity contribution < 1.29 is 13.5 Å². The van der Waals surface area contributed by atoms with E-state index in [0.29, 0.717) is 0 Å². The second-order valence-electron chi connectivity index (χ2n) is 3.86. The molecular weight excluding hydrogens is 254 g/mol. The smallest absolute Gasteiger partial charge is 0.243 e. The van der Waals surface area contributed by atoms with Crippen LogP contribution in [0.5, 0.6) is 5.75 Å². The summed E-state index contributed by atoms with van der Waals surface area (Å²) in [4.78, 5) is 0.145. The molecule has 0 spiro atoms. The Hall–Kier alpha value is -1.86. The molecule has 0 radical (unpaired) electrons. The van der Waals surface area contributed by atoms with Gasteiger partial charge in [-0.15, -0.1) is 0 Å². The summed E-state index contributed by atoms with van der Waals surface area (Å²) in [5, 5.41) is 15.5. The van der Waals surface area contributed by atoms with Crippen molar-refractivity contribution in [2.75, 3.05) is 7.05 Å². The Morgan fingerprint density at radius 2 is 2.00 bits per heavy atom. The Morgan fingerprint density at radius 3 is 2.56 bits per heavy atom. The third-order valence-electron chi connectivity index (χ3n) is 2.50. The Kier molecular flexibility index (Phi) is 3.35. The molecule has 1 aromatic carbocycles. The number of aromatic amines is 1. The van der Waals surface area contributed by atoms with E-state index in [9.17, 15) is 8.42 Å². The lowest BCUT2D eigenvalue weighted by Crippen LogP contribution is -2.26. The van der Waals surface area contributed by atoms with Crippen molar-refractivity contribution in [2.45, 2.75) is 11.4 Å². The van der Waals surface area contributed by atoms with Crippen molar-refractivity contribution in [3.8, 4) is 5.75 Å². The minimum Gasteiger partial charge on any atom is -0.508 e. The molecule has 0 unspecified atom stereocenters. The molecule has 18 heavy (non-hydrogen) atoms. The zero-order chi connectivity index (χ0) is 13.2. The average molecular weight is 267 g/mol. The molecule has 0 saturated heterocycles. The van der Waals surface area contributed by atoms with Gasteiger partial charge in [0, 0.05) is 25.4 Å². The number of nitrogens with zero attached hydrogens (tertiary/aromatic N) is 2. The van der Waals surface area contributed by atoms with Gasteiger partial charge in [0.2, 0.25) is 10.0 Å². The van der Waals surface area contributed by atoms with Gasteiger partial charge in [0.05, 0.1) is 11.1 Å². The fourth-order valence-corrected chi connectivity index (χ4v) is 2.66. The fraction of sp³-hybridized carbons (Fsp3) is 0.182. The van der Waals surface area contributed by atoms with Gasteiger partial charge in [0.1, 0.15) is 5.75 Å². The van der Waals surface area contributed by atoms with Crippen LogP contribution in [0.4, 0.5) is 0 Å². The molecule has 7 heteroatoms. The molecule has 0 saturated carbocycles. The number of H-pyrrole nitrogens is 1. The van der Waals surface area contributed by atoms with Crippen LogP contribution in [-0.4, -0.2) is 35.1 Å². The number of phenolic OH excluding ortho intramolecular Hbond substituents is 1. The molecule has 96 valence electrons. The van der Waals surface area contributed by atoms with E-state index < -0.39 is 10.0 Å². The van der Waals surface area contributed by atoms with Crippen LogP contribution >= 0.6 is 0 Å². The second-order valence-corrected chi connectivity index (χ2v) is 5.91. The highest BCUT2D eigenvalue weighted by atomic mass is 32.2. The molecule has 0 aliphatic heterocycles. The van der Waals surface area contributed by atoms with Gasteiger partial charge in [-0.3, -0.25) is 5.10 Å². The summed E-state index contributed by atoms with van der Waals surface area (Å²) >= 11 is 0. The van der Waals surface area contributed by atoms with E-state index in [4.69, 9.17) is 5.11 Å². The van der Waals surface area contributed by atoms with Crippen molar-refractivity contribution in [3.05, 3.63) is 42.2 Å². The highest BCUT2D eigenvalue weighted by Gasteiger charge is 2.20. The van der Waals surface area contributed by atoms with E-state index in [0.717, 1.165) is 5.56 Å². The van der Waals surface area contributed by atoms with Crippen LogP contribution in [-0.2, 0) is 16.6 Å². The normalized spacial score (nSPS) is 11.9. The maximum atomic E-state index is 12.2. The summed E-state index contributed by atoms with van der Waals surface area (Å²) < 4.78 is 25.6. The van der Waals surface area contributed by atoms with Crippen molar-refractivity contribution in [1.29, 1.82) is 0 Å². The van der Waals surface area contributed by atoms with E-state index in [1.54, 1.807) is 12.4 Å². The van der Waals surface area contributed by atoms with Crippen molar-refractivity contribution in [1.82, 2.24) is 14.5 Å². The van der Waals surface area contributed by atoms with Crippen LogP contribution < -0.4 is 0 Å². The number of aromatic hydroxyl groups is 1. The van der Waals surface area contributed by atoms with Crippen LogP contribution in [0.2, 0.25) is 0 Å². The molecule has 0 atom stereocenters. The number of aromatic nitrogens is 2. The van der Waals surface area contributed by atoms with E-state index in [-0.39, 0.29) is 17.2 Å². The number of phenols is 1. The molecular formula is C11H13N3O3S. The number of benzene rings is 1. The number of sulfonamides is 1. The minimum absolute atomic E-state index is 0.0337. The van der Waals surface area contributed by atoms with Crippen LogP contribution in [0, 0.1) is 0 Å². The van der Waals surface area contributed by atoms with Crippen LogP contribution in [0.15, 0.2) is 41.6 Å². The van der Waals surface area contributed by atoms with Gasteiger partial charge >= 0.3 is 0 Å². The van der Waals surface area contributed by atoms with Gasteiger partial charge in [-0.1, -0.05) is 0 Å². The predicted octanol–water partition coefficient (Wildman–Crippen LogP) is 0.936. The molecule has 2 N–H and O–H groups in total. The lowest BCUT2D eigenvalue weighted by atomic mass is 10.3. The van der Waals surface area contributed by atoms with Crippen molar-refractivity contribution >= 4 is 10.0 Å². The summed E-state index contributed by atoms with van der Waals surface area (Å²) in [6.45, 7) is 0.236. The van der Waals surface area contributed by atoms with Gasteiger partial charge in [0.25, 0.3) is 0 Å². The number of hydrogen-bond acceptors (Lipinski definition) is 4. The zero-order valence-electron chi connectivity index (χ0n) is 9.74. The van der Waals surface area contributed by atoms with E-state index in [1.807, 2.05) is 0 Å². The van der Waals surface area contributed by atoms with E-state index in [2.05, 4.69) is 10.2 Å².